The molecule has 2 saturated heterocycles. The van der Waals surface area contributed by atoms with Gasteiger partial charge in [0.1, 0.15) is 17.9 Å². The molecule has 4 heterocycles. The van der Waals surface area contributed by atoms with E-state index in [0.29, 0.717) is 24.5 Å². The number of carbonyl (C=O) groups excluding carboxylic acids is 1. The van der Waals surface area contributed by atoms with Gasteiger partial charge in [-0.05, 0) is 19.8 Å². The van der Waals surface area contributed by atoms with Gasteiger partial charge in [-0.1, -0.05) is 5.16 Å². The Kier molecular flexibility index (Phi) is 3.64. The van der Waals surface area contributed by atoms with Crippen LogP contribution < -0.4 is 0 Å². The maximum absolute atomic E-state index is 12.8. The fraction of sp³-hybridized carbons (Fsp3) is 0.625. The average molecular weight is 331 g/mol. The molecule has 4 rings (SSSR count). The van der Waals surface area contributed by atoms with E-state index in [0.717, 1.165) is 31.9 Å². The third-order valence-electron chi connectivity index (χ3n) is 5.33. The van der Waals surface area contributed by atoms with Crippen molar-refractivity contribution in [3.63, 3.8) is 0 Å². The van der Waals surface area contributed by atoms with E-state index in [1.807, 2.05) is 16.5 Å². The lowest BCUT2D eigenvalue weighted by Crippen LogP contribution is -2.37. The number of hydrogen-bond donors (Lipinski definition) is 0. The van der Waals surface area contributed by atoms with Crippen LogP contribution >= 0.6 is 0 Å². The smallest absolute Gasteiger partial charge is 0.276 e. The summed E-state index contributed by atoms with van der Waals surface area (Å²) < 4.78 is 12.6. The molecule has 1 unspecified atom stereocenters. The SMILES string of the molecule is Cc1cc(C(=O)N2CC(c3nncn3C)C3(CCOCC3)C2)no1. The first kappa shape index (κ1) is 15.3. The van der Waals surface area contributed by atoms with Gasteiger partial charge in [-0.15, -0.1) is 10.2 Å². The van der Waals surface area contributed by atoms with Crippen LogP contribution in [0.3, 0.4) is 0 Å². The summed E-state index contributed by atoms with van der Waals surface area (Å²) in [4.78, 5) is 14.7. The Bertz CT molecular complexity index is 746. The van der Waals surface area contributed by atoms with Crippen molar-refractivity contribution < 1.29 is 14.1 Å². The summed E-state index contributed by atoms with van der Waals surface area (Å²) in [6.45, 7) is 4.55. The van der Waals surface area contributed by atoms with Crippen LogP contribution in [0, 0.1) is 12.3 Å². The number of likely N-dealkylation sites (tertiary alicyclic amines) is 1. The van der Waals surface area contributed by atoms with Crippen LogP contribution in [0.1, 0.15) is 40.8 Å². The number of aromatic nitrogens is 4. The summed E-state index contributed by atoms with van der Waals surface area (Å²) in [5.41, 5.74) is 0.362. The van der Waals surface area contributed by atoms with Gasteiger partial charge in [-0.25, -0.2) is 0 Å². The molecule has 2 aromatic heterocycles. The Morgan fingerprint density at radius 3 is 2.79 bits per heavy atom. The topological polar surface area (TPSA) is 86.3 Å². The molecule has 0 aromatic carbocycles. The second kappa shape index (κ2) is 5.70. The lowest BCUT2D eigenvalue weighted by atomic mass is 9.72. The van der Waals surface area contributed by atoms with Crippen molar-refractivity contribution in [3.05, 3.63) is 29.7 Å². The third kappa shape index (κ3) is 2.41. The van der Waals surface area contributed by atoms with Crippen LogP contribution in [0.5, 0.6) is 0 Å². The van der Waals surface area contributed by atoms with Crippen LogP contribution in [0.2, 0.25) is 0 Å². The quantitative estimate of drug-likeness (QED) is 0.820. The summed E-state index contributed by atoms with van der Waals surface area (Å²) in [6.07, 6.45) is 3.56. The first-order valence-corrected chi connectivity index (χ1v) is 8.23. The van der Waals surface area contributed by atoms with E-state index < -0.39 is 0 Å². The Morgan fingerprint density at radius 1 is 1.38 bits per heavy atom. The van der Waals surface area contributed by atoms with Crippen LogP contribution in [0.25, 0.3) is 0 Å². The van der Waals surface area contributed by atoms with Crippen molar-refractivity contribution in [2.75, 3.05) is 26.3 Å². The minimum Gasteiger partial charge on any atom is -0.381 e. The molecule has 0 radical (unpaired) electrons. The largest absolute Gasteiger partial charge is 0.381 e. The lowest BCUT2D eigenvalue weighted by Gasteiger charge is -2.37. The normalized spacial score (nSPS) is 23.1. The second-order valence-electron chi connectivity index (χ2n) is 6.84. The molecular weight excluding hydrogens is 310 g/mol. The van der Waals surface area contributed by atoms with E-state index in [-0.39, 0.29) is 17.2 Å². The van der Waals surface area contributed by atoms with Gasteiger partial charge in [-0.3, -0.25) is 4.79 Å². The van der Waals surface area contributed by atoms with Gasteiger partial charge in [0.15, 0.2) is 5.69 Å². The molecule has 0 saturated carbocycles. The Labute approximate surface area is 139 Å². The van der Waals surface area contributed by atoms with Crippen LogP contribution in [-0.4, -0.2) is 57.0 Å². The molecule has 2 aliphatic rings. The van der Waals surface area contributed by atoms with Crippen molar-refractivity contribution in [1.29, 1.82) is 0 Å². The van der Waals surface area contributed by atoms with Crippen molar-refractivity contribution in [3.8, 4) is 0 Å². The first-order chi connectivity index (χ1) is 11.6. The summed E-state index contributed by atoms with van der Waals surface area (Å²) in [6, 6.07) is 1.69. The maximum Gasteiger partial charge on any atom is 0.276 e. The highest BCUT2D eigenvalue weighted by Crippen LogP contribution is 2.49. The van der Waals surface area contributed by atoms with Crippen molar-refractivity contribution >= 4 is 5.91 Å². The van der Waals surface area contributed by atoms with Crippen molar-refractivity contribution in [2.24, 2.45) is 12.5 Å². The van der Waals surface area contributed by atoms with E-state index in [1.165, 1.54) is 0 Å². The number of ether oxygens (including phenoxy) is 1. The summed E-state index contributed by atoms with van der Waals surface area (Å²) in [5, 5.41) is 12.2. The van der Waals surface area contributed by atoms with Crippen LogP contribution in [0.15, 0.2) is 16.9 Å². The summed E-state index contributed by atoms with van der Waals surface area (Å²) >= 11 is 0. The Hall–Kier alpha value is -2.22. The first-order valence-electron chi connectivity index (χ1n) is 8.23. The molecule has 0 aliphatic carbocycles. The molecule has 2 aromatic rings. The molecule has 8 heteroatoms. The lowest BCUT2D eigenvalue weighted by molar-refractivity contribution is 0.0107. The zero-order valence-electron chi connectivity index (χ0n) is 13.9. The van der Waals surface area contributed by atoms with Gasteiger partial charge in [-0.2, -0.15) is 0 Å². The minimum absolute atomic E-state index is 0.00646. The predicted molar refractivity (Wildman–Crippen MR) is 83.4 cm³/mol. The molecule has 1 amide bonds. The van der Waals surface area contributed by atoms with Crippen LogP contribution in [0.4, 0.5) is 0 Å². The molecular formula is C16H21N5O3. The van der Waals surface area contributed by atoms with Gasteiger partial charge in [0.25, 0.3) is 5.91 Å². The maximum atomic E-state index is 12.8. The molecule has 8 nitrogen and oxygen atoms in total. The molecule has 0 bridgehead atoms. The predicted octanol–water partition coefficient (Wildman–Crippen LogP) is 1.15. The molecule has 1 spiro atoms. The average Bonchev–Trinajstić information content (AvgIpc) is 3.27. The molecule has 2 fully saturated rings. The number of nitrogens with zero attached hydrogens (tertiary/aromatic N) is 5. The van der Waals surface area contributed by atoms with E-state index >= 15 is 0 Å². The summed E-state index contributed by atoms with van der Waals surface area (Å²) in [5.74, 6) is 1.65. The van der Waals surface area contributed by atoms with Gasteiger partial charge >= 0.3 is 0 Å². The Balaban J connectivity index is 1.65. The molecule has 24 heavy (non-hydrogen) atoms. The number of rotatable bonds is 2. The van der Waals surface area contributed by atoms with Gasteiger partial charge in [0.05, 0.1) is 0 Å². The fourth-order valence-corrected chi connectivity index (χ4v) is 4.00. The number of carbonyl (C=O) groups is 1. The van der Waals surface area contributed by atoms with E-state index in [2.05, 4.69) is 15.4 Å². The van der Waals surface area contributed by atoms with Crippen molar-refractivity contribution in [1.82, 2.24) is 24.8 Å². The zero-order chi connectivity index (χ0) is 16.7. The van der Waals surface area contributed by atoms with E-state index in [4.69, 9.17) is 9.26 Å². The molecule has 0 N–H and O–H groups in total. The van der Waals surface area contributed by atoms with E-state index in [9.17, 15) is 4.79 Å². The van der Waals surface area contributed by atoms with Gasteiger partial charge in [0.2, 0.25) is 0 Å². The molecule has 2 aliphatic heterocycles. The monoisotopic (exact) mass is 331 g/mol. The molecule has 1 atom stereocenters. The number of amides is 1. The second-order valence-corrected chi connectivity index (χ2v) is 6.84. The number of aryl methyl sites for hydroxylation is 2. The highest BCUT2D eigenvalue weighted by atomic mass is 16.5. The Morgan fingerprint density at radius 2 is 2.17 bits per heavy atom. The van der Waals surface area contributed by atoms with Crippen molar-refractivity contribution in [2.45, 2.75) is 25.7 Å². The minimum atomic E-state index is -0.0811. The number of hydrogen-bond acceptors (Lipinski definition) is 6. The molecule has 128 valence electrons. The van der Waals surface area contributed by atoms with E-state index in [1.54, 1.807) is 19.3 Å². The standard InChI is InChI=1S/C16H21N5O3/c1-11-7-13(19-24-11)15(22)21-8-12(14-18-17-10-20(14)2)16(9-21)3-5-23-6-4-16/h7,10,12H,3-6,8-9H2,1-2H3. The highest BCUT2D eigenvalue weighted by molar-refractivity contribution is 5.92. The van der Waals surface area contributed by atoms with Crippen LogP contribution in [-0.2, 0) is 11.8 Å². The fourth-order valence-electron chi connectivity index (χ4n) is 4.00. The zero-order valence-corrected chi connectivity index (χ0v) is 13.9. The third-order valence-corrected chi connectivity index (χ3v) is 5.33. The van der Waals surface area contributed by atoms with Gasteiger partial charge < -0.3 is 18.7 Å². The summed E-state index contributed by atoms with van der Waals surface area (Å²) in [7, 11) is 1.95. The highest BCUT2D eigenvalue weighted by Gasteiger charge is 2.51. The van der Waals surface area contributed by atoms with Gasteiger partial charge in [0, 0.05) is 50.8 Å².